The number of aromatic nitrogens is 4. The Kier molecular flexibility index (Phi) is 6.22. The van der Waals surface area contributed by atoms with Crippen LogP contribution in [0.15, 0.2) is 11.4 Å². The molecule has 9 heteroatoms. The number of hydrogen-bond acceptors (Lipinski definition) is 8. The predicted octanol–water partition coefficient (Wildman–Crippen LogP) is 3.24. The van der Waals surface area contributed by atoms with Gasteiger partial charge in [-0.1, -0.05) is 16.3 Å². The third-order valence-corrected chi connectivity index (χ3v) is 7.16. The maximum atomic E-state index is 12.9. The van der Waals surface area contributed by atoms with Crippen molar-refractivity contribution in [1.82, 2.24) is 24.5 Å². The molecule has 7 nitrogen and oxygen atoms in total. The van der Waals surface area contributed by atoms with Gasteiger partial charge in [-0.15, -0.1) is 5.10 Å². The van der Waals surface area contributed by atoms with Gasteiger partial charge in [-0.25, -0.2) is 9.97 Å². The summed E-state index contributed by atoms with van der Waals surface area (Å²) in [6.07, 6.45) is 6.51. The molecule has 0 aliphatic carbocycles. The summed E-state index contributed by atoms with van der Waals surface area (Å²) < 4.78 is 9.60. The zero-order chi connectivity index (χ0) is 19.5. The van der Waals surface area contributed by atoms with Gasteiger partial charge in [0.25, 0.3) is 5.91 Å². The van der Waals surface area contributed by atoms with Crippen molar-refractivity contribution in [3.63, 3.8) is 0 Å². The van der Waals surface area contributed by atoms with E-state index in [0.717, 1.165) is 61.0 Å². The Morgan fingerprint density at radius 2 is 2.25 bits per heavy atom. The third kappa shape index (κ3) is 4.36. The van der Waals surface area contributed by atoms with Crippen LogP contribution in [0.3, 0.4) is 0 Å². The van der Waals surface area contributed by atoms with Crippen molar-refractivity contribution in [2.24, 2.45) is 0 Å². The molecule has 2 aliphatic heterocycles. The van der Waals surface area contributed by atoms with Crippen molar-refractivity contribution < 1.29 is 9.53 Å². The van der Waals surface area contributed by atoms with Gasteiger partial charge in [0.2, 0.25) is 0 Å². The van der Waals surface area contributed by atoms with Crippen LogP contribution in [0.25, 0.3) is 0 Å². The fourth-order valence-corrected chi connectivity index (χ4v) is 5.33. The summed E-state index contributed by atoms with van der Waals surface area (Å²) in [4.78, 5) is 24.8. The second-order valence-electron chi connectivity index (χ2n) is 7.44. The Hall–Kier alpha value is -1.58. The third-order valence-electron chi connectivity index (χ3n) is 5.35. The van der Waals surface area contributed by atoms with Crippen LogP contribution in [-0.2, 0) is 4.74 Å². The van der Waals surface area contributed by atoms with Gasteiger partial charge in [0, 0.05) is 37.6 Å². The monoisotopic (exact) mass is 419 g/mol. The van der Waals surface area contributed by atoms with Gasteiger partial charge in [0.1, 0.15) is 4.88 Å². The van der Waals surface area contributed by atoms with Crippen molar-refractivity contribution in [3.8, 4) is 0 Å². The molecule has 4 rings (SSSR count). The second kappa shape index (κ2) is 8.84. The molecule has 0 N–H and O–H groups in total. The lowest BCUT2D eigenvalue weighted by atomic mass is 9.92. The van der Waals surface area contributed by atoms with Gasteiger partial charge in [0.05, 0.1) is 17.5 Å². The Labute approximate surface area is 173 Å². The summed E-state index contributed by atoms with van der Waals surface area (Å²) in [5.74, 6) is 1.18. The van der Waals surface area contributed by atoms with Crippen LogP contribution in [0.4, 0.5) is 0 Å². The zero-order valence-corrected chi connectivity index (χ0v) is 17.9. The van der Waals surface area contributed by atoms with Crippen LogP contribution in [-0.4, -0.2) is 61.9 Å². The number of piperidine rings is 1. The standard InChI is InChI=1S/C19H25N5O2S2/c1-12-9-20-19(27-11-15-6-4-8-26-15)21-16(12)14-5-3-7-24(10-14)18(25)17-13(2)22-23-28-17/h9,14-15H,3-8,10-11H2,1-2H3. The van der Waals surface area contributed by atoms with Crippen molar-refractivity contribution in [1.29, 1.82) is 0 Å². The summed E-state index contributed by atoms with van der Waals surface area (Å²) in [5, 5.41) is 4.78. The van der Waals surface area contributed by atoms with E-state index < -0.39 is 0 Å². The molecule has 2 aromatic rings. The molecule has 2 atom stereocenters. The molecule has 1 amide bonds. The molecule has 0 bridgehead atoms. The van der Waals surface area contributed by atoms with E-state index in [4.69, 9.17) is 9.72 Å². The molecule has 28 heavy (non-hydrogen) atoms. The summed E-state index contributed by atoms with van der Waals surface area (Å²) in [5.41, 5.74) is 2.88. The number of carbonyl (C=O) groups excluding carboxylic acids is 1. The first kappa shape index (κ1) is 19.7. The molecule has 2 unspecified atom stereocenters. The van der Waals surface area contributed by atoms with Crippen molar-refractivity contribution in [2.45, 2.75) is 56.7 Å². The SMILES string of the molecule is Cc1cnc(SCC2CCCO2)nc1C1CCCN(C(=O)c2snnc2C)C1. The molecule has 0 spiro atoms. The maximum absolute atomic E-state index is 12.9. The van der Waals surface area contributed by atoms with E-state index in [9.17, 15) is 4.79 Å². The highest BCUT2D eigenvalue weighted by Gasteiger charge is 2.29. The molecule has 0 saturated carbocycles. The molecule has 4 heterocycles. The molecule has 2 saturated heterocycles. The lowest BCUT2D eigenvalue weighted by Crippen LogP contribution is -2.39. The summed E-state index contributed by atoms with van der Waals surface area (Å²) in [6, 6.07) is 0. The Bertz CT molecular complexity index is 837. The van der Waals surface area contributed by atoms with Crippen LogP contribution < -0.4 is 0 Å². The van der Waals surface area contributed by atoms with Crippen molar-refractivity contribution in [2.75, 3.05) is 25.4 Å². The highest BCUT2D eigenvalue weighted by Crippen LogP contribution is 2.30. The quantitative estimate of drug-likeness (QED) is 0.543. The Morgan fingerprint density at radius 3 is 3.00 bits per heavy atom. The number of nitrogens with zero attached hydrogens (tertiary/aromatic N) is 5. The maximum Gasteiger partial charge on any atom is 0.267 e. The fourth-order valence-electron chi connectivity index (χ4n) is 3.82. The average Bonchev–Trinajstić information content (AvgIpc) is 3.38. The van der Waals surface area contributed by atoms with E-state index in [0.29, 0.717) is 23.2 Å². The number of hydrogen-bond donors (Lipinski definition) is 0. The van der Waals surface area contributed by atoms with Crippen LogP contribution >= 0.6 is 23.3 Å². The lowest BCUT2D eigenvalue weighted by Gasteiger charge is -2.32. The summed E-state index contributed by atoms with van der Waals surface area (Å²) in [7, 11) is 0. The molecule has 150 valence electrons. The Morgan fingerprint density at radius 1 is 1.36 bits per heavy atom. The van der Waals surface area contributed by atoms with Crippen LogP contribution in [0.2, 0.25) is 0 Å². The number of likely N-dealkylation sites (tertiary alicyclic amines) is 1. The second-order valence-corrected chi connectivity index (χ2v) is 9.19. The number of amides is 1. The van der Waals surface area contributed by atoms with Gasteiger partial charge in [-0.3, -0.25) is 4.79 Å². The van der Waals surface area contributed by atoms with E-state index in [1.807, 2.05) is 18.0 Å². The normalized spacial score (nSPS) is 22.6. The first-order chi connectivity index (χ1) is 13.6. The summed E-state index contributed by atoms with van der Waals surface area (Å²) >= 11 is 2.85. The zero-order valence-electron chi connectivity index (χ0n) is 16.3. The molecule has 0 radical (unpaired) electrons. The number of thioether (sulfide) groups is 1. The van der Waals surface area contributed by atoms with E-state index >= 15 is 0 Å². The highest BCUT2D eigenvalue weighted by atomic mass is 32.2. The van der Waals surface area contributed by atoms with Crippen molar-refractivity contribution in [3.05, 3.63) is 28.0 Å². The highest BCUT2D eigenvalue weighted by molar-refractivity contribution is 7.99. The predicted molar refractivity (Wildman–Crippen MR) is 109 cm³/mol. The first-order valence-electron chi connectivity index (χ1n) is 9.78. The molecular formula is C19H25N5O2S2. The van der Waals surface area contributed by atoms with E-state index in [2.05, 4.69) is 21.5 Å². The van der Waals surface area contributed by atoms with Gasteiger partial charge < -0.3 is 9.64 Å². The minimum atomic E-state index is 0.0388. The Balaban J connectivity index is 1.45. The molecule has 2 aliphatic rings. The summed E-state index contributed by atoms with van der Waals surface area (Å²) in [6.45, 7) is 6.22. The topological polar surface area (TPSA) is 81.1 Å². The number of aryl methyl sites for hydroxylation is 2. The number of ether oxygens (including phenoxy) is 1. The van der Waals surface area contributed by atoms with Crippen LogP contribution in [0, 0.1) is 13.8 Å². The molecule has 2 fully saturated rings. The van der Waals surface area contributed by atoms with Gasteiger partial charge >= 0.3 is 0 Å². The minimum absolute atomic E-state index is 0.0388. The lowest BCUT2D eigenvalue weighted by molar-refractivity contribution is 0.0709. The van der Waals surface area contributed by atoms with Crippen LogP contribution in [0.5, 0.6) is 0 Å². The fraction of sp³-hybridized carbons (Fsp3) is 0.632. The van der Waals surface area contributed by atoms with E-state index in [-0.39, 0.29) is 11.8 Å². The van der Waals surface area contributed by atoms with E-state index in [1.54, 1.807) is 11.8 Å². The number of carbonyl (C=O) groups is 1. The molecular weight excluding hydrogens is 394 g/mol. The molecule has 0 aromatic carbocycles. The van der Waals surface area contributed by atoms with Gasteiger partial charge in [-0.05, 0) is 56.6 Å². The van der Waals surface area contributed by atoms with Gasteiger partial charge in [-0.2, -0.15) is 0 Å². The first-order valence-corrected chi connectivity index (χ1v) is 11.5. The number of rotatable bonds is 5. The van der Waals surface area contributed by atoms with Gasteiger partial charge in [0.15, 0.2) is 5.16 Å². The molecule has 2 aromatic heterocycles. The van der Waals surface area contributed by atoms with Crippen LogP contribution in [0.1, 0.15) is 58.2 Å². The average molecular weight is 420 g/mol. The largest absolute Gasteiger partial charge is 0.377 e. The van der Waals surface area contributed by atoms with Crippen molar-refractivity contribution >= 4 is 29.2 Å². The smallest absolute Gasteiger partial charge is 0.267 e. The minimum Gasteiger partial charge on any atom is -0.377 e. The van der Waals surface area contributed by atoms with E-state index in [1.165, 1.54) is 11.5 Å².